The van der Waals surface area contributed by atoms with Gasteiger partial charge in [0, 0.05) is 16.8 Å². The fourth-order valence-electron chi connectivity index (χ4n) is 3.56. The van der Waals surface area contributed by atoms with Gasteiger partial charge in [-0.25, -0.2) is 4.98 Å². The Hall–Kier alpha value is -3.44. The van der Waals surface area contributed by atoms with E-state index in [4.69, 9.17) is 5.11 Å². The molecule has 0 saturated heterocycles. The Labute approximate surface area is 211 Å². The molecule has 2 heterocycles. The van der Waals surface area contributed by atoms with Crippen molar-refractivity contribution in [3.05, 3.63) is 58.4 Å². The molecule has 2 amide bonds. The summed E-state index contributed by atoms with van der Waals surface area (Å²) in [6.07, 6.45) is 1.09. The van der Waals surface area contributed by atoms with Crippen LogP contribution in [0.2, 0.25) is 0 Å². The van der Waals surface area contributed by atoms with Crippen LogP contribution in [0.25, 0.3) is 10.9 Å². The Kier molecular flexibility index (Phi) is 9.21. The number of phenols is 1. The average Bonchev–Trinajstić information content (AvgIpc) is 3.35. The molecule has 0 aliphatic carbocycles. The van der Waals surface area contributed by atoms with Gasteiger partial charge < -0.3 is 20.8 Å². The quantitative estimate of drug-likeness (QED) is 0.184. The number of carbonyl (C=O) groups excluding carboxylic acids is 3. The van der Waals surface area contributed by atoms with E-state index in [1.807, 2.05) is 17.5 Å². The molecule has 0 aliphatic heterocycles. The number of benzene rings is 1. The smallest absolute Gasteiger partial charge is 0.305 e. The lowest BCUT2D eigenvalue weighted by Gasteiger charge is -2.19. The number of thiophene rings is 1. The Morgan fingerprint density at radius 1 is 1.06 bits per heavy atom. The highest BCUT2D eigenvalue weighted by Gasteiger charge is 2.27. The number of aromatic hydroxyl groups is 1. The summed E-state index contributed by atoms with van der Waals surface area (Å²) in [5.41, 5.74) is 0.543. The second-order valence-electron chi connectivity index (χ2n) is 7.86. The summed E-state index contributed by atoms with van der Waals surface area (Å²) in [6.45, 7) is 0.356. The molecule has 35 heavy (non-hydrogen) atoms. The van der Waals surface area contributed by atoms with E-state index in [0.717, 1.165) is 10.3 Å². The monoisotopic (exact) mass is 515 g/mol. The third-order valence-electron chi connectivity index (χ3n) is 5.33. The van der Waals surface area contributed by atoms with E-state index < -0.39 is 35.4 Å². The number of carboxylic acids is 1. The van der Waals surface area contributed by atoms with Gasteiger partial charge in [0.15, 0.2) is 0 Å². The van der Waals surface area contributed by atoms with E-state index in [1.165, 1.54) is 17.4 Å². The molecule has 0 radical (unpaired) electrons. The normalized spacial score (nSPS) is 12.6. The molecule has 0 unspecified atom stereocenters. The molecule has 0 saturated carbocycles. The molecule has 3 rings (SSSR count). The number of phenolic OH excluding ortho intramolecular Hbond substituents is 1. The minimum Gasteiger partial charge on any atom is -0.506 e. The lowest BCUT2D eigenvalue weighted by atomic mass is 9.98. The minimum atomic E-state index is -1.21. The van der Waals surface area contributed by atoms with E-state index in [9.17, 15) is 24.3 Å². The van der Waals surface area contributed by atoms with Crippen molar-refractivity contribution in [2.24, 2.45) is 0 Å². The Morgan fingerprint density at radius 3 is 2.54 bits per heavy atom. The highest BCUT2D eigenvalue weighted by atomic mass is 32.1. The number of nitrogens with zero attached hydrogens (tertiary/aromatic N) is 1. The third kappa shape index (κ3) is 7.27. The first-order valence-electron chi connectivity index (χ1n) is 10.9. The second kappa shape index (κ2) is 12.3. The number of para-hydroxylation sites is 1. The Balaban J connectivity index is 1.54. The molecule has 0 bridgehead atoms. The number of carboxylic acid groups (broad SMARTS) is 1. The lowest BCUT2D eigenvalue weighted by Crippen LogP contribution is -2.42. The fourth-order valence-corrected chi connectivity index (χ4v) is 4.58. The van der Waals surface area contributed by atoms with Gasteiger partial charge in [-0.2, -0.15) is 0 Å². The molecular weight excluding hydrogens is 490 g/mol. The number of hydrogen-bond donors (Lipinski definition) is 5. The molecule has 1 aromatic carbocycles. The topological polar surface area (TPSA) is 146 Å². The summed E-state index contributed by atoms with van der Waals surface area (Å²) in [5.74, 6) is -2.57. The number of pyridine rings is 1. The van der Waals surface area contributed by atoms with E-state index in [2.05, 4.69) is 28.2 Å². The van der Waals surface area contributed by atoms with Gasteiger partial charge >= 0.3 is 5.97 Å². The summed E-state index contributed by atoms with van der Waals surface area (Å²) in [6, 6.07) is 10.7. The minimum absolute atomic E-state index is 0.000237. The molecule has 2 aromatic heterocycles. The Morgan fingerprint density at radius 2 is 1.86 bits per heavy atom. The number of aromatic nitrogens is 1. The first-order chi connectivity index (χ1) is 16.8. The molecule has 11 heteroatoms. The van der Waals surface area contributed by atoms with Crippen LogP contribution in [-0.4, -0.2) is 50.7 Å². The number of nitrogens with one attached hydrogen (secondary N) is 2. The molecule has 3 aromatic rings. The number of unbranched alkanes of at least 4 members (excludes halogenated alkanes) is 1. The number of aliphatic carboxylic acids is 1. The number of amides is 2. The summed E-state index contributed by atoms with van der Waals surface area (Å²) in [5, 5.41) is 26.1. The second-order valence-corrected chi connectivity index (χ2v) is 9.28. The van der Waals surface area contributed by atoms with Crippen LogP contribution in [0.4, 0.5) is 0 Å². The predicted octanol–water partition coefficient (Wildman–Crippen LogP) is 3.10. The van der Waals surface area contributed by atoms with Crippen molar-refractivity contribution >= 4 is 57.8 Å². The number of rotatable bonds is 12. The van der Waals surface area contributed by atoms with Gasteiger partial charge in [-0.1, -0.05) is 30.7 Å². The Bertz CT molecular complexity index is 1220. The van der Waals surface area contributed by atoms with Gasteiger partial charge in [0.2, 0.25) is 11.0 Å². The van der Waals surface area contributed by atoms with Gasteiger partial charge in [-0.05, 0) is 36.4 Å². The van der Waals surface area contributed by atoms with Gasteiger partial charge in [0.05, 0.1) is 12.3 Å². The van der Waals surface area contributed by atoms with Crippen LogP contribution in [0.3, 0.4) is 0 Å². The van der Waals surface area contributed by atoms with Crippen LogP contribution in [0.15, 0.2) is 47.8 Å². The van der Waals surface area contributed by atoms with Crippen molar-refractivity contribution in [3.8, 4) is 5.75 Å². The van der Waals surface area contributed by atoms with Crippen molar-refractivity contribution in [1.82, 2.24) is 15.6 Å². The van der Waals surface area contributed by atoms with Crippen molar-refractivity contribution < 1.29 is 29.4 Å². The van der Waals surface area contributed by atoms with Crippen LogP contribution in [0, 0.1) is 0 Å². The van der Waals surface area contributed by atoms with Crippen LogP contribution in [-0.2, 0) is 14.4 Å². The van der Waals surface area contributed by atoms with Crippen LogP contribution in [0.5, 0.6) is 5.75 Å². The number of carbonyl (C=O) groups is 4. The molecule has 0 fully saturated rings. The van der Waals surface area contributed by atoms with Crippen LogP contribution < -0.4 is 10.6 Å². The number of thiol groups is 1. The van der Waals surface area contributed by atoms with E-state index in [0.29, 0.717) is 31.3 Å². The highest BCUT2D eigenvalue weighted by Crippen LogP contribution is 2.27. The summed E-state index contributed by atoms with van der Waals surface area (Å²) < 4.78 is 0. The first-order valence-corrected chi connectivity index (χ1v) is 12.2. The van der Waals surface area contributed by atoms with Gasteiger partial charge in [-0.15, -0.1) is 24.0 Å². The summed E-state index contributed by atoms with van der Waals surface area (Å²) in [4.78, 5) is 53.0. The summed E-state index contributed by atoms with van der Waals surface area (Å²) >= 11 is 5.08. The maximum atomic E-state index is 12.8. The zero-order valence-electron chi connectivity index (χ0n) is 18.6. The van der Waals surface area contributed by atoms with Crippen molar-refractivity contribution in [2.45, 2.75) is 37.6 Å². The fraction of sp³-hybridized carbons (Fsp3) is 0.292. The molecule has 0 spiro atoms. The standard InChI is InChI=1S/C24H25N3O6S2/c28-18-7-3-5-14-9-10-16(26-21(14)18)23(32)25-11-2-1-6-15(19-8-4-12-35-19)22(31)27-17(24(33)34)13-20(29)30/h3-5,7-10,12,15,17,28H,1-2,6,11,13H2,(H,25,32)(H,27,31)(H,29,30)(H,33,34)/t15-,17-/m0/s1. The molecule has 9 nitrogen and oxygen atoms in total. The predicted molar refractivity (Wildman–Crippen MR) is 135 cm³/mol. The molecule has 184 valence electrons. The molecule has 0 aliphatic rings. The molecule has 2 atom stereocenters. The number of hydrogen-bond acceptors (Lipinski definition) is 7. The molecule has 4 N–H and O–H groups in total. The van der Waals surface area contributed by atoms with Crippen molar-refractivity contribution in [1.29, 1.82) is 0 Å². The highest BCUT2D eigenvalue weighted by molar-refractivity contribution is 7.96. The van der Waals surface area contributed by atoms with E-state index >= 15 is 0 Å². The van der Waals surface area contributed by atoms with Crippen LogP contribution >= 0.6 is 24.0 Å². The maximum absolute atomic E-state index is 12.8. The number of fused-ring (bicyclic) bond motifs is 1. The molecular formula is C24H25N3O6S2. The first kappa shape index (κ1) is 26.2. The van der Waals surface area contributed by atoms with Gasteiger partial charge in [0.25, 0.3) is 5.91 Å². The van der Waals surface area contributed by atoms with Crippen LogP contribution in [0.1, 0.15) is 47.0 Å². The van der Waals surface area contributed by atoms with Crippen molar-refractivity contribution in [3.63, 3.8) is 0 Å². The third-order valence-corrected chi connectivity index (χ3v) is 6.63. The van der Waals surface area contributed by atoms with E-state index in [1.54, 1.807) is 24.3 Å². The SMILES string of the molecule is O=C(O)C[C@H](NC(=O)[C@@H](CCCCNC(=O)c1ccc2cccc(O)c2n1)c1cccs1)C(=O)S. The largest absolute Gasteiger partial charge is 0.506 e. The lowest BCUT2D eigenvalue weighted by molar-refractivity contribution is -0.139. The zero-order chi connectivity index (χ0) is 25.4. The zero-order valence-corrected chi connectivity index (χ0v) is 20.4. The van der Waals surface area contributed by atoms with E-state index in [-0.39, 0.29) is 17.4 Å². The van der Waals surface area contributed by atoms with Crippen molar-refractivity contribution in [2.75, 3.05) is 6.54 Å². The summed E-state index contributed by atoms with van der Waals surface area (Å²) in [7, 11) is 0. The van der Waals surface area contributed by atoms with Gasteiger partial charge in [-0.3, -0.25) is 19.2 Å². The average molecular weight is 516 g/mol. The van der Waals surface area contributed by atoms with Gasteiger partial charge in [0.1, 0.15) is 23.0 Å². The maximum Gasteiger partial charge on any atom is 0.305 e.